The van der Waals surface area contributed by atoms with Crippen molar-refractivity contribution >= 4 is 23.2 Å². The van der Waals surface area contributed by atoms with Crippen molar-refractivity contribution in [3.63, 3.8) is 0 Å². The Morgan fingerprint density at radius 2 is 1.79 bits per heavy atom. The van der Waals surface area contributed by atoms with E-state index < -0.39 is 0 Å². The van der Waals surface area contributed by atoms with Gasteiger partial charge in [-0.25, -0.2) is 0 Å². The molecule has 0 aliphatic heterocycles. The van der Waals surface area contributed by atoms with Gasteiger partial charge in [-0.3, -0.25) is 4.79 Å². The number of hydrogen-bond acceptors (Lipinski definition) is 4. The summed E-state index contributed by atoms with van der Waals surface area (Å²) >= 11 is 5.89. The van der Waals surface area contributed by atoms with E-state index in [-0.39, 0.29) is 12.5 Å². The van der Waals surface area contributed by atoms with Gasteiger partial charge >= 0.3 is 0 Å². The van der Waals surface area contributed by atoms with Crippen LogP contribution in [0.25, 0.3) is 0 Å². The van der Waals surface area contributed by atoms with Crippen LogP contribution in [0.2, 0.25) is 5.02 Å². The van der Waals surface area contributed by atoms with Gasteiger partial charge < -0.3 is 19.9 Å². The Kier molecular flexibility index (Phi) is 6.53. The van der Waals surface area contributed by atoms with Crippen LogP contribution in [0.1, 0.15) is 21.5 Å². The molecule has 6 heteroatoms. The average molecular weight is 398 g/mol. The molecule has 0 aromatic heterocycles. The van der Waals surface area contributed by atoms with Crippen molar-refractivity contribution in [1.82, 2.24) is 0 Å². The Morgan fingerprint density at radius 1 is 1.00 bits per heavy atom. The van der Waals surface area contributed by atoms with Crippen molar-refractivity contribution in [2.24, 2.45) is 0 Å². The first kappa shape index (κ1) is 19.7. The number of rotatable bonds is 7. The number of benzene rings is 3. The molecule has 0 aliphatic carbocycles. The number of nitrogens with one attached hydrogen (secondary N) is 1. The van der Waals surface area contributed by atoms with E-state index in [2.05, 4.69) is 5.32 Å². The topological polar surface area (TPSA) is 67.8 Å². The SMILES string of the molecule is COc1cc(C(=O)Nc2cccc(CO)c2)ccc1OCc1ccc(Cl)cc1. The molecule has 0 heterocycles. The molecule has 0 aliphatic rings. The molecule has 0 bridgehead atoms. The summed E-state index contributed by atoms with van der Waals surface area (Å²) in [5, 5.41) is 12.7. The number of aliphatic hydroxyl groups is 1. The summed E-state index contributed by atoms with van der Waals surface area (Å²) in [7, 11) is 1.52. The van der Waals surface area contributed by atoms with Crippen LogP contribution < -0.4 is 14.8 Å². The number of carbonyl (C=O) groups excluding carboxylic acids is 1. The van der Waals surface area contributed by atoms with Crippen LogP contribution in [-0.4, -0.2) is 18.1 Å². The van der Waals surface area contributed by atoms with Gasteiger partial charge in [0.1, 0.15) is 6.61 Å². The van der Waals surface area contributed by atoms with Crippen molar-refractivity contribution in [2.45, 2.75) is 13.2 Å². The normalized spacial score (nSPS) is 10.4. The summed E-state index contributed by atoms with van der Waals surface area (Å²) in [6, 6.07) is 19.4. The zero-order chi connectivity index (χ0) is 19.9. The van der Waals surface area contributed by atoms with Crippen molar-refractivity contribution in [3.05, 3.63) is 88.4 Å². The number of halogens is 1. The molecule has 0 saturated carbocycles. The van der Waals surface area contributed by atoms with Gasteiger partial charge in [-0.15, -0.1) is 0 Å². The number of amides is 1. The highest BCUT2D eigenvalue weighted by Crippen LogP contribution is 2.29. The minimum atomic E-state index is -0.280. The van der Waals surface area contributed by atoms with Gasteiger partial charge in [-0.1, -0.05) is 35.9 Å². The molecule has 0 atom stereocenters. The minimum absolute atomic E-state index is 0.0861. The van der Waals surface area contributed by atoms with E-state index in [1.165, 1.54) is 7.11 Å². The fraction of sp³-hybridized carbons (Fsp3) is 0.136. The van der Waals surface area contributed by atoms with Crippen LogP contribution in [0.15, 0.2) is 66.7 Å². The van der Waals surface area contributed by atoms with Crippen LogP contribution in [0, 0.1) is 0 Å². The maximum atomic E-state index is 12.5. The van der Waals surface area contributed by atoms with Crippen molar-refractivity contribution < 1.29 is 19.4 Å². The maximum Gasteiger partial charge on any atom is 0.255 e. The van der Waals surface area contributed by atoms with Crippen molar-refractivity contribution in [2.75, 3.05) is 12.4 Å². The molecule has 28 heavy (non-hydrogen) atoms. The van der Waals surface area contributed by atoms with Gasteiger partial charge in [0.15, 0.2) is 11.5 Å². The van der Waals surface area contributed by atoms with E-state index in [1.807, 2.05) is 12.1 Å². The number of carbonyl (C=O) groups is 1. The summed E-state index contributed by atoms with van der Waals surface area (Å²) in [5.41, 5.74) is 2.74. The molecule has 3 aromatic carbocycles. The predicted molar refractivity (Wildman–Crippen MR) is 109 cm³/mol. The first-order valence-corrected chi connectivity index (χ1v) is 9.03. The summed E-state index contributed by atoms with van der Waals surface area (Å²) in [6.07, 6.45) is 0. The standard InChI is InChI=1S/C22H20ClNO4/c1-27-21-12-17(22(26)24-19-4-2-3-16(11-19)13-25)7-10-20(21)28-14-15-5-8-18(23)9-6-15/h2-12,25H,13-14H2,1H3,(H,24,26). The Balaban J connectivity index is 1.70. The quantitative estimate of drug-likeness (QED) is 0.607. The lowest BCUT2D eigenvalue weighted by molar-refractivity contribution is 0.102. The monoisotopic (exact) mass is 397 g/mol. The second-order valence-corrected chi connectivity index (χ2v) is 6.53. The first-order valence-electron chi connectivity index (χ1n) is 8.65. The van der Waals surface area contributed by atoms with Crippen LogP contribution in [-0.2, 0) is 13.2 Å². The molecule has 3 aromatic rings. The highest BCUT2D eigenvalue weighted by molar-refractivity contribution is 6.30. The molecule has 3 rings (SSSR count). The molecular formula is C22H20ClNO4. The van der Waals surface area contributed by atoms with E-state index in [4.69, 9.17) is 21.1 Å². The Labute approximate surface area is 168 Å². The molecule has 2 N–H and O–H groups in total. The molecule has 5 nitrogen and oxygen atoms in total. The Hall–Kier alpha value is -3.02. The summed E-state index contributed by atoms with van der Waals surface area (Å²) in [4.78, 5) is 12.5. The lowest BCUT2D eigenvalue weighted by Gasteiger charge is -2.13. The fourth-order valence-electron chi connectivity index (χ4n) is 2.62. The molecule has 0 unspecified atom stereocenters. The van der Waals surface area contributed by atoms with Crippen LogP contribution >= 0.6 is 11.6 Å². The minimum Gasteiger partial charge on any atom is -0.493 e. The zero-order valence-electron chi connectivity index (χ0n) is 15.3. The lowest BCUT2D eigenvalue weighted by atomic mass is 10.1. The van der Waals surface area contributed by atoms with Crippen LogP contribution in [0.5, 0.6) is 11.5 Å². The fourth-order valence-corrected chi connectivity index (χ4v) is 2.75. The lowest BCUT2D eigenvalue weighted by Crippen LogP contribution is -2.12. The van der Waals surface area contributed by atoms with Crippen LogP contribution in [0.4, 0.5) is 5.69 Å². The van der Waals surface area contributed by atoms with Gasteiger partial charge in [-0.2, -0.15) is 0 Å². The van der Waals surface area contributed by atoms with Crippen molar-refractivity contribution in [3.8, 4) is 11.5 Å². The van der Waals surface area contributed by atoms with E-state index in [0.29, 0.717) is 34.4 Å². The number of anilines is 1. The maximum absolute atomic E-state index is 12.5. The third-order valence-corrected chi connectivity index (χ3v) is 4.35. The van der Waals surface area contributed by atoms with E-state index in [1.54, 1.807) is 54.6 Å². The summed E-state index contributed by atoms with van der Waals surface area (Å²) in [5.74, 6) is 0.722. The highest BCUT2D eigenvalue weighted by atomic mass is 35.5. The van der Waals surface area contributed by atoms with Crippen molar-refractivity contribution in [1.29, 1.82) is 0 Å². The zero-order valence-corrected chi connectivity index (χ0v) is 16.1. The molecule has 0 radical (unpaired) electrons. The third kappa shape index (κ3) is 5.03. The van der Waals surface area contributed by atoms with E-state index in [0.717, 1.165) is 11.1 Å². The summed E-state index contributed by atoms with van der Waals surface area (Å²) in [6.45, 7) is 0.268. The number of aliphatic hydroxyl groups excluding tert-OH is 1. The second-order valence-electron chi connectivity index (χ2n) is 6.09. The highest BCUT2D eigenvalue weighted by Gasteiger charge is 2.12. The van der Waals surface area contributed by atoms with Gasteiger partial charge in [-0.05, 0) is 53.6 Å². The molecule has 144 valence electrons. The molecular weight excluding hydrogens is 378 g/mol. The Bertz CT molecular complexity index is 957. The molecule has 0 spiro atoms. The number of hydrogen-bond donors (Lipinski definition) is 2. The molecule has 0 saturated heterocycles. The third-order valence-electron chi connectivity index (χ3n) is 4.10. The first-order chi connectivity index (χ1) is 13.6. The number of ether oxygens (including phenoxy) is 2. The van der Waals surface area contributed by atoms with Gasteiger partial charge in [0.05, 0.1) is 13.7 Å². The van der Waals surface area contributed by atoms with E-state index in [9.17, 15) is 9.90 Å². The largest absolute Gasteiger partial charge is 0.493 e. The van der Waals surface area contributed by atoms with Gasteiger partial charge in [0, 0.05) is 16.3 Å². The average Bonchev–Trinajstić information content (AvgIpc) is 2.73. The Morgan fingerprint density at radius 3 is 2.50 bits per heavy atom. The van der Waals surface area contributed by atoms with Gasteiger partial charge in [0.2, 0.25) is 0 Å². The van der Waals surface area contributed by atoms with E-state index >= 15 is 0 Å². The molecule has 1 amide bonds. The predicted octanol–water partition coefficient (Wildman–Crippen LogP) is 4.67. The van der Waals surface area contributed by atoms with Crippen LogP contribution in [0.3, 0.4) is 0 Å². The smallest absolute Gasteiger partial charge is 0.255 e. The number of methoxy groups -OCH3 is 1. The summed E-state index contributed by atoms with van der Waals surface area (Å²) < 4.78 is 11.2. The molecule has 0 fully saturated rings. The second kappa shape index (κ2) is 9.26. The van der Waals surface area contributed by atoms with Gasteiger partial charge in [0.25, 0.3) is 5.91 Å².